The average molecular weight is 353 g/mol. The minimum absolute atomic E-state index is 0.0588. The number of hydrazone groups is 2. The first-order valence-electron chi connectivity index (χ1n) is 9.63. The number of unbranched alkanes of at least 4 members (excludes halogenated alkanes) is 4. The van der Waals surface area contributed by atoms with E-state index in [2.05, 4.69) is 34.9 Å². The molecule has 6 nitrogen and oxygen atoms in total. The van der Waals surface area contributed by atoms with Crippen LogP contribution in [-0.2, 0) is 9.59 Å². The Hall–Kier alpha value is -1.72. The first-order chi connectivity index (χ1) is 12.0. The highest BCUT2D eigenvalue weighted by Gasteiger charge is 2.03. The van der Waals surface area contributed by atoms with Gasteiger partial charge in [0.05, 0.1) is 0 Å². The van der Waals surface area contributed by atoms with Gasteiger partial charge >= 0.3 is 0 Å². The molecule has 0 aromatic heterocycles. The van der Waals surface area contributed by atoms with Gasteiger partial charge in [-0.3, -0.25) is 9.59 Å². The molecule has 0 heterocycles. The Balaban J connectivity index is 3.71. The first kappa shape index (κ1) is 23.3. The average Bonchev–Trinajstić information content (AvgIpc) is 2.60. The maximum absolute atomic E-state index is 11.7. The summed E-state index contributed by atoms with van der Waals surface area (Å²) in [6.07, 6.45) is 9.54. The summed E-state index contributed by atoms with van der Waals surface area (Å²) < 4.78 is 0. The summed E-state index contributed by atoms with van der Waals surface area (Å²) in [5.41, 5.74) is 7.10. The molecule has 6 heteroatoms. The van der Waals surface area contributed by atoms with E-state index in [1.165, 1.54) is 0 Å². The zero-order valence-electron chi connectivity index (χ0n) is 16.5. The number of nitrogens with zero attached hydrogens (tertiary/aromatic N) is 2. The lowest BCUT2D eigenvalue weighted by molar-refractivity contribution is -0.121. The van der Waals surface area contributed by atoms with Gasteiger partial charge in [-0.15, -0.1) is 0 Å². The number of rotatable bonds is 14. The first-order valence-corrected chi connectivity index (χ1v) is 9.63. The smallest absolute Gasteiger partial charge is 0.240 e. The van der Waals surface area contributed by atoms with Crippen LogP contribution in [0.25, 0.3) is 0 Å². The van der Waals surface area contributed by atoms with Gasteiger partial charge in [0.1, 0.15) is 0 Å². The van der Waals surface area contributed by atoms with Crippen molar-refractivity contribution < 1.29 is 9.59 Å². The highest BCUT2D eigenvalue weighted by atomic mass is 16.2. The van der Waals surface area contributed by atoms with Crippen molar-refractivity contribution in [3.8, 4) is 0 Å². The number of amides is 2. The lowest BCUT2D eigenvalue weighted by Crippen LogP contribution is -2.19. The van der Waals surface area contributed by atoms with Crippen LogP contribution in [0.1, 0.15) is 98.3 Å². The van der Waals surface area contributed by atoms with Crippen LogP contribution in [0.5, 0.6) is 0 Å². The maximum Gasteiger partial charge on any atom is 0.240 e. The number of carbonyl (C=O) groups is 2. The fourth-order valence-electron chi connectivity index (χ4n) is 2.15. The largest absolute Gasteiger partial charge is 0.273 e. The van der Waals surface area contributed by atoms with Crippen LogP contribution in [0, 0.1) is 0 Å². The molecule has 0 aromatic rings. The van der Waals surface area contributed by atoms with E-state index in [4.69, 9.17) is 0 Å². The van der Waals surface area contributed by atoms with Gasteiger partial charge in [-0.25, -0.2) is 10.9 Å². The van der Waals surface area contributed by atoms with Crippen LogP contribution in [0.15, 0.2) is 10.2 Å². The van der Waals surface area contributed by atoms with Crippen LogP contribution < -0.4 is 10.9 Å². The van der Waals surface area contributed by atoms with E-state index in [1.54, 1.807) is 0 Å². The van der Waals surface area contributed by atoms with Gasteiger partial charge in [0.15, 0.2) is 0 Å². The summed E-state index contributed by atoms with van der Waals surface area (Å²) in [5, 5.41) is 8.18. The molecule has 0 unspecified atom stereocenters. The van der Waals surface area contributed by atoms with Crippen molar-refractivity contribution >= 4 is 23.2 Å². The van der Waals surface area contributed by atoms with Crippen LogP contribution >= 0.6 is 0 Å². The van der Waals surface area contributed by atoms with Gasteiger partial charge in [0.2, 0.25) is 11.8 Å². The summed E-state index contributed by atoms with van der Waals surface area (Å²) in [6.45, 7) is 8.13. The van der Waals surface area contributed by atoms with E-state index in [9.17, 15) is 9.59 Å². The highest BCUT2D eigenvalue weighted by molar-refractivity contribution is 5.84. The molecule has 0 spiro atoms. The van der Waals surface area contributed by atoms with E-state index >= 15 is 0 Å². The van der Waals surface area contributed by atoms with Crippen molar-refractivity contribution in [1.29, 1.82) is 0 Å². The van der Waals surface area contributed by atoms with Crippen molar-refractivity contribution in [3.05, 3.63) is 0 Å². The highest BCUT2D eigenvalue weighted by Crippen LogP contribution is 2.03. The second-order valence-electron chi connectivity index (χ2n) is 6.53. The molecule has 0 saturated heterocycles. The Kier molecular flexibility index (Phi) is 14.7. The quantitative estimate of drug-likeness (QED) is 0.277. The second kappa shape index (κ2) is 15.8. The standard InChI is InChI=1S/C19H36N4O2/c1-5-7-12-16(3)20-22-18(24)14-10-9-11-15-19(25)23-21-17(4)13-8-6-2/h5-15H2,1-4H3,(H,22,24)(H,23,25)/b20-16+,21-17+. The number of hydrogen-bond acceptors (Lipinski definition) is 4. The molecule has 0 aliphatic heterocycles. The third kappa shape index (κ3) is 15.5. The molecule has 0 fully saturated rings. The number of carbonyl (C=O) groups excluding carboxylic acids is 2. The molecule has 2 N–H and O–H groups in total. The van der Waals surface area contributed by atoms with Crippen molar-refractivity contribution in [2.45, 2.75) is 98.3 Å². The Bertz CT molecular complexity index is 405. The van der Waals surface area contributed by atoms with Crippen LogP contribution in [0.2, 0.25) is 0 Å². The molecule has 25 heavy (non-hydrogen) atoms. The fourth-order valence-corrected chi connectivity index (χ4v) is 2.15. The van der Waals surface area contributed by atoms with Crippen LogP contribution in [0.4, 0.5) is 0 Å². The molecule has 0 saturated carbocycles. The minimum Gasteiger partial charge on any atom is -0.273 e. The monoisotopic (exact) mass is 352 g/mol. The normalized spacial score (nSPS) is 12.2. The van der Waals surface area contributed by atoms with Crippen molar-refractivity contribution in [3.63, 3.8) is 0 Å². The van der Waals surface area contributed by atoms with Gasteiger partial charge in [0.25, 0.3) is 0 Å². The van der Waals surface area contributed by atoms with Crippen molar-refractivity contribution in [2.75, 3.05) is 0 Å². The predicted molar refractivity (Wildman–Crippen MR) is 105 cm³/mol. The van der Waals surface area contributed by atoms with Gasteiger partial charge in [-0.05, 0) is 52.4 Å². The minimum atomic E-state index is -0.0588. The third-order valence-corrected chi connectivity index (χ3v) is 3.83. The Morgan fingerprint density at radius 2 is 1.04 bits per heavy atom. The van der Waals surface area contributed by atoms with Crippen LogP contribution in [-0.4, -0.2) is 23.2 Å². The van der Waals surface area contributed by atoms with E-state index in [0.29, 0.717) is 12.8 Å². The molecule has 0 aliphatic rings. The molecule has 0 aromatic carbocycles. The Morgan fingerprint density at radius 3 is 1.40 bits per heavy atom. The zero-order chi connectivity index (χ0) is 18.9. The van der Waals surface area contributed by atoms with Crippen molar-refractivity contribution in [2.24, 2.45) is 10.2 Å². The van der Waals surface area contributed by atoms with Crippen molar-refractivity contribution in [1.82, 2.24) is 10.9 Å². The number of nitrogens with one attached hydrogen (secondary N) is 2. The SMILES string of the molecule is CCCC/C(C)=N/NC(=O)CCCCCC(=O)N/N=C(\C)CCCC. The number of hydrogen-bond donors (Lipinski definition) is 2. The molecule has 0 atom stereocenters. The van der Waals surface area contributed by atoms with E-state index in [1.807, 2.05) is 13.8 Å². The molecule has 2 amide bonds. The summed E-state index contributed by atoms with van der Waals surface area (Å²) in [4.78, 5) is 23.3. The lowest BCUT2D eigenvalue weighted by Gasteiger charge is -2.03. The van der Waals surface area contributed by atoms with Gasteiger partial charge in [0, 0.05) is 24.3 Å². The lowest BCUT2D eigenvalue weighted by atomic mass is 10.1. The molecule has 0 radical (unpaired) electrons. The predicted octanol–water partition coefficient (Wildman–Crippen LogP) is 4.30. The summed E-state index contributed by atoms with van der Waals surface area (Å²) in [5.74, 6) is -0.118. The molecule has 0 rings (SSSR count). The summed E-state index contributed by atoms with van der Waals surface area (Å²) in [7, 11) is 0. The molecular formula is C19H36N4O2. The maximum atomic E-state index is 11.7. The second-order valence-corrected chi connectivity index (χ2v) is 6.53. The van der Waals surface area contributed by atoms with Gasteiger partial charge in [-0.2, -0.15) is 10.2 Å². The van der Waals surface area contributed by atoms with E-state index in [0.717, 1.165) is 69.2 Å². The third-order valence-electron chi connectivity index (χ3n) is 3.83. The van der Waals surface area contributed by atoms with Gasteiger partial charge < -0.3 is 0 Å². The zero-order valence-corrected chi connectivity index (χ0v) is 16.5. The molecular weight excluding hydrogens is 316 g/mol. The molecule has 0 bridgehead atoms. The summed E-state index contributed by atoms with van der Waals surface area (Å²) >= 11 is 0. The Labute approximate surface area is 152 Å². The van der Waals surface area contributed by atoms with E-state index < -0.39 is 0 Å². The molecule has 144 valence electrons. The topological polar surface area (TPSA) is 82.9 Å². The summed E-state index contributed by atoms with van der Waals surface area (Å²) in [6, 6.07) is 0. The van der Waals surface area contributed by atoms with Gasteiger partial charge in [-0.1, -0.05) is 33.1 Å². The van der Waals surface area contributed by atoms with Crippen LogP contribution in [0.3, 0.4) is 0 Å². The molecule has 0 aliphatic carbocycles. The van der Waals surface area contributed by atoms with E-state index in [-0.39, 0.29) is 11.8 Å². The Morgan fingerprint density at radius 1 is 0.640 bits per heavy atom. The fraction of sp³-hybridized carbons (Fsp3) is 0.789.